The molecule has 0 fully saturated rings. The first-order chi connectivity index (χ1) is 9.91. The SMILES string of the molecule is N#Cc1ccc(Br)cc1NS(=O)(=O)Cc1ccccc1N. The van der Waals surface area contributed by atoms with Crippen LogP contribution in [0.3, 0.4) is 0 Å². The van der Waals surface area contributed by atoms with Crippen LogP contribution in [0.25, 0.3) is 0 Å². The smallest absolute Gasteiger partial charge is 0.237 e. The van der Waals surface area contributed by atoms with E-state index in [0.717, 1.165) is 0 Å². The fourth-order valence-corrected chi connectivity index (χ4v) is 3.38. The second kappa shape index (κ2) is 6.16. The first-order valence-electron chi connectivity index (χ1n) is 5.95. The molecule has 2 rings (SSSR count). The molecule has 2 aromatic rings. The highest BCUT2D eigenvalue weighted by Crippen LogP contribution is 2.23. The van der Waals surface area contributed by atoms with Gasteiger partial charge in [0.2, 0.25) is 10.0 Å². The Morgan fingerprint density at radius 2 is 1.95 bits per heavy atom. The Morgan fingerprint density at radius 1 is 1.24 bits per heavy atom. The number of nitrogens with two attached hydrogens (primary N) is 1. The molecule has 0 atom stereocenters. The monoisotopic (exact) mass is 365 g/mol. The number of rotatable bonds is 4. The molecule has 0 amide bonds. The highest BCUT2D eigenvalue weighted by atomic mass is 79.9. The van der Waals surface area contributed by atoms with E-state index in [1.807, 2.05) is 6.07 Å². The predicted molar refractivity (Wildman–Crippen MR) is 86.0 cm³/mol. The fraction of sp³-hybridized carbons (Fsp3) is 0.0714. The van der Waals surface area contributed by atoms with Crippen LogP contribution >= 0.6 is 15.9 Å². The van der Waals surface area contributed by atoms with Crippen molar-refractivity contribution in [2.75, 3.05) is 10.5 Å². The quantitative estimate of drug-likeness (QED) is 0.814. The highest BCUT2D eigenvalue weighted by Gasteiger charge is 2.15. The van der Waals surface area contributed by atoms with Crippen LogP contribution in [0.1, 0.15) is 11.1 Å². The standard InChI is InChI=1S/C14H12BrN3O2S/c15-12-6-5-10(8-16)14(7-12)18-21(19,20)9-11-3-1-2-4-13(11)17/h1-7,18H,9,17H2. The molecule has 0 unspecified atom stereocenters. The van der Waals surface area contributed by atoms with Gasteiger partial charge in [0.15, 0.2) is 0 Å². The summed E-state index contributed by atoms with van der Waals surface area (Å²) in [6, 6.07) is 13.5. The molecule has 21 heavy (non-hydrogen) atoms. The van der Waals surface area contributed by atoms with E-state index in [1.54, 1.807) is 42.5 Å². The van der Waals surface area contributed by atoms with Gasteiger partial charge in [-0.1, -0.05) is 34.1 Å². The first-order valence-corrected chi connectivity index (χ1v) is 8.39. The van der Waals surface area contributed by atoms with E-state index >= 15 is 0 Å². The zero-order valence-electron chi connectivity index (χ0n) is 10.9. The molecule has 0 bridgehead atoms. The van der Waals surface area contributed by atoms with Gasteiger partial charge in [-0.3, -0.25) is 4.72 Å². The van der Waals surface area contributed by atoms with Crippen molar-refractivity contribution in [2.45, 2.75) is 5.75 Å². The summed E-state index contributed by atoms with van der Waals surface area (Å²) in [6.07, 6.45) is 0. The van der Waals surface area contributed by atoms with Crippen molar-refractivity contribution in [3.05, 3.63) is 58.1 Å². The Morgan fingerprint density at radius 3 is 2.62 bits per heavy atom. The van der Waals surface area contributed by atoms with Gasteiger partial charge < -0.3 is 5.73 Å². The first kappa shape index (κ1) is 15.4. The number of nitrogen functional groups attached to an aromatic ring is 1. The highest BCUT2D eigenvalue weighted by molar-refractivity contribution is 9.10. The van der Waals surface area contributed by atoms with Crippen molar-refractivity contribution in [3.63, 3.8) is 0 Å². The van der Waals surface area contributed by atoms with Crippen molar-refractivity contribution >= 4 is 37.3 Å². The number of benzene rings is 2. The van der Waals surface area contributed by atoms with Gasteiger partial charge in [-0.05, 0) is 29.8 Å². The number of nitrogens with zero attached hydrogens (tertiary/aromatic N) is 1. The lowest BCUT2D eigenvalue weighted by Crippen LogP contribution is -2.16. The van der Waals surface area contributed by atoms with Gasteiger partial charge in [-0.15, -0.1) is 0 Å². The third-order valence-electron chi connectivity index (χ3n) is 2.77. The van der Waals surface area contributed by atoms with Crippen molar-refractivity contribution < 1.29 is 8.42 Å². The van der Waals surface area contributed by atoms with E-state index in [4.69, 9.17) is 11.0 Å². The van der Waals surface area contributed by atoms with Crippen LogP contribution in [0.15, 0.2) is 46.9 Å². The second-order valence-electron chi connectivity index (χ2n) is 4.36. The lowest BCUT2D eigenvalue weighted by atomic mass is 10.2. The zero-order valence-corrected chi connectivity index (χ0v) is 13.3. The van der Waals surface area contributed by atoms with E-state index in [-0.39, 0.29) is 17.0 Å². The minimum atomic E-state index is -3.66. The topological polar surface area (TPSA) is 96.0 Å². The van der Waals surface area contributed by atoms with E-state index in [0.29, 0.717) is 15.7 Å². The van der Waals surface area contributed by atoms with Gasteiger partial charge in [0.1, 0.15) is 6.07 Å². The molecule has 3 N–H and O–H groups in total. The summed E-state index contributed by atoms with van der Waals surface area (Å²) in [4.78, 5) is 0. The van der Waals surface area contributed by atoms with Gasteiger partial charge >= 0.3 is 0 Å². The summed E-state index contributed by atoms with van der Waals surface area (Å²) >= 11 is 3.25. The Kier molecular flexibility index (Phi) is 4.50. The molecule has 0 spiro atoms. The van der Waals surface area contributed by atoms with Crippen LogP contribution < -0.4 is 10.5 Å². The molecule has 108 valence electrons. The molecule has 0 heterocycles. The predicted octanol–water partition coefficient (Wildman–Crippen LogP) is 2.84. The van der Waals surface area contributed by atoms with E-state index in [2.05, 4.69) is 20.7 Å². The maximum Gasteiger partial charge on any atom is 0.237 e. The molecule has 0 aromatic heterocycles. The molecule has 0 saturated carbocycles. The number of hydrogen-bond acceptors (Lipinski definition) is 4. The minimum Gasteiger partial charge on any atom is -0.398 e. The molecule has 5 nitrogen and oxygen atoms in total. The van der Waals surface area contributed by atoms with E-state index in [9.17, 15) is 8.42 Å². The minimum absolute atomic E-state index is 0.237. The normalized spacial score (nSPS) is 10.9. The molecule has 0 aliphatic carbocycles. The molecular weight excluding hydrogens is 354 g/mol. The van der Waals surface area contributed by atoms with Gasteiger partial charge in [-0.2, -0.15) is 5.26 Å². The van der Waals surface area contributed by atoms with Gasteiger partial charge in [0.25, 0.3) is 0 Å². The summed E-state index contributed by atoms with van der Waals surface area (Å²) in [6.45, 7) is 0. The average Bonchev–Trinajstić information content (AvgIpc) is 2.41. The number of anilines is 2. The molecule has 7 heteroatoms. The van der Waals surface area contributed by atoms with Crippen LogP contribution in [0.4, 0.5) is 11.4 Å². The third kappa shape index (κ3) is 3.97. The van der Waals surface area contributed by atoms with Crippen molar-refractivity contribution in [1.29, 1.82) is 5.26 Å². The van der Waals surface area contributed by atoms with E-state index in [1.165, 1.54) is 0 Å². The molecule has 0 radical (unpaired) electrons. The summed E-state index contributed by atoms with van der Waals surface area (Å²) < 4.78 is 27.5. The molecular formula is C14H12BrN3O2S. The Hall–Kier alpha value is -2.04. The fourth-order valence-electron chi connectivity index (χ4n) is 1.77. The molecule has 0 aliphatic rings. The molecule has 0 saturated heterocycles. The lowest BCUT2D eigenvalue weighted by Gasteiger charge is -2.11. The largest absolute Gasteiger partial charge is 0.398 e. The average molecular weight is 366 g/mol. The maximum absolute atomic E-state index is 12.2. The molecule has 0 aliphatic heterocycles. The van der Waals surface area contributed by atoms with Crippen molar-refractivity contribution in [1.82, 2.24) is 0 Å². The van der Waals surface area contributed by atoms with Crippen LogP contribution in [-0.2, 0) is 15.8 Å². The van der Waals surface area contributed by atoms with Gasteiger partial charge in [0, 0.05) is 10.2 Å². The molecule has 2 aromatic carbocycles. The Labute approximate surface area is 131 Å². The van der Waals surface area contributed by atoms with E-state index < -0.39 is 10.0 Å². The second-order valence-corrected chi connectivity index (χ2v) is 7.00. The number of sulfonamides is 1. The van der Waals surface area contributed by atoms with Gasteiger partial charge in [0.05, 0.1) is 17.0 Å². The summed E-state index contributed by atoms with van der Waals surface area (Å²) in [5.41, 5.74) is 7.17. The number of para-hydroxylation sites is 1. The summed E-state index contributed by atoms with van der Waals surface area (Å²) in [7, 11) is -3.66. The number of hydrogen-bond donors (Lipinski definition) is 2. The Balaban J connectivity index is 2.29. The van der Waals surface area contributed by atoms with Crippen LogP contribution in [0.2, 0.25) is 0 Å². The zero-order chi connectivity index (χ0) is 15.5. The lowest BCUT2D eigenvalue weighted by molar-refractivity contribution is 0.600. The van der Waals surface area contributed by atoms with Gasteiger partial charge in [-0.25, -0.2) is 8.42 Å². The van der Waals surface area contributed by atoms with Crippen LogP contribution in [-0.4, -0.2) is 8.42 Å². The summed E-state index contributed by atoms with van der Waals surface area (Å²) in [5.74, 6) is -0.253. The Bertz CT molecular complexity index is 813. The summed E-state index contributed by atoms with van der Waals surface area (Å²) in [5, 5.41) is 9.02. The maximum atomic E-state index is 12.2. The van der Waals surface area contributed by atoms with Crippen LogP contribution in [0.5, 0.6) is 0 Å². The van der Waals surface area contributed by atoms with Crippen LogP contribution in [0, 0.1) is 11.3 Å². The number of halogens is 1. The van der Waals surface area contributed by atoms with Crippen molar-refractivity contribution in [3.8, 4) is 6.07 Å². The van der Waals surface area contributed by atoms with Crippen molar-refractivity contribution in [2.24, 2.45) is 0 Å². The third-order valence-corrected chi connectivity index (χ3v) is 4.48. The number of nitrogens with one attached hydrogen (secondary N) is 1. The number of nitriles is 1.